The van der Waals surface area contributed by atoms with E-state index >= 15 is 0 Å². The van der Waals surface area contributed by atoms with Crippen molar-refractivity contribution in [3.8, 4) is 0 Å². The average molecular weight is 348 g/mol. The summed E-state index contributed by atoms with van der Waals surface area (Å²) in [7, 11) is 0. The quantitative estimate of drug-likeness (QED) is 0.650. The van der Waals surface area contributed by atoms with E-state index in [-0.39, 0.29) is 0 Å². The van der Waals surface area contributed by atoms with Crippen LogP contribution in [0.3, 0.4) is 0 Å². The van der Waals surface area contributed by atoms with E-state index in [1.165, 1.54) is 11.3 Å². The molecule has 2 rings (SSSR count). The van der Waals surface area contributed by atoms with Crippen LogP contribution in [0, 0.1) is 0 Å². The maximum Gasteiger partial charge on any atom is 0.135 e. The smallest absolute Gasteiger partial charge is 0.135 e. The van der Waals surface area contributed by atoms with Gasteiger partial charge in [0.25, 0.3) is 0 Å². The van der Waals surface area contributed by atoms with Crippen LogP contribution >= 0.6 is 15.9 Å². The van der Waals surface area contributed by atoms with Gasteiger partial charge in [0.15, 0.2) is 0 Å². The Kier molecular flexibility index (Phi) is 5.23. The Morgan fingerprint density at radius 1 is 1.48 bits per heavy atom. The van der Waals surface area contributed by atoms with Gasteiger partial charge in [0, 0.05) is 16.7 Å². The zero-order valence-electron chi connectivity index (χ0n) is 12.9. The molecule has 4 heteroatoms. The Labute approximate surface area is 135 Å². The zero-order valence-corrected chi connectivity index (χ0v) is 14.4. The molecule has 0 amide bonds. The number of nitrogens with zero attached hydrogens (tertiary/aromatic N) is 2. The summed E-state index contributed by atoms with van der Waals surface area (Å²) < 4.78 is 1.12. The monoisotopic (exact) mass is 347 g/mol. The first-order valence-corrected chi connectivity index (χ1v) is 8.08. The molecule has 1 aromatic rings. The van der Waals surface area contributed by atoms with Crippen LogP contribution in [0.15, 0.2) is 51.2 Å². The fourth-order valence-electron chi connectivity index (χ4n) is 2.34. The van der Waals surface area contributed by atoms with Crippen LogP contribution in [0.5, 0.6) is 0 Å². The van der Waals surface area contributed by atoms with Crippen molar-refractivity contribution in [2.24, 2.45) is 10.7 Å². The van der Waals surface area contributed by atoms with Crippen LogP contribution in [-0.4, -0.2) is 12.4 Å². The maximum atomic E-state index is 6.09. The number of fused-ring (bicyclic) bond motifs is 1. The molecule has 1 aliphatic rings. The number of anilines is 1. The van der Waals surface area contributed by atoms with Gasteiger partial charge in [0.2, 0.25) is 0 Å². The molecule has 0 atom stereocenters. The Morgan fingerprint density at radius 3 is 2.90 bits per heavy atom. The number of benzene rings is 1. The maximum absolute atomic E-state index is 6.09. The first-order chi connectivity index (χ1) is 10.1. The van der Waals surface area contributed by atoms with Crippen molar-refractivity contribution in [2.75, 3.05) is 11.4 Å². The summed E-state index contributed by atoms with van der Waals surface area (Å²) >= 11 is 3.53. The van der Waals surface area contributed by atoms with E-state index < -0.39 is 0 Å². The minimum Gasteiger partial charge on any atom is -0.384 e. The molecular formula is C17H22BrN3. The molecule has 0 spiro atoms. The van der Waals surface area contributed by atoms with Gasteiger partial charge in [-0.25, -0.2) is 4.99 Å². The summed E-state index contributed by atoms with van der Waals surface area (Å²) in [5, 5.41) is 0. The molecule has 1 aliphatic heterocycles. The average Bonchev–Trinajstić information content (AvgIpc) is 2.88. The molecule has 21 heavy (non-hydrogen) atoms. The lowest BCUT2D eigenvalue weighted by Crippen LogP contribution is -2.28. The third-order valence-corrected chi connectivity index (χ3v) is 4.23. The minimum absolute atomic E-state index is 0.621. The van der Waals surface area contributed by atoms with E-state index in [0.717, 1.165) is 35.3 Å². The highest BCUT2D eigenvalue weighted by molar-refractivity contribution is 9.10. The number of allylic oxidation sites excluding steroid dienone is 2. The van der Waals surface area contributed by atoms with E-state index in [0.29, 0.717) is 5.82 Å². The van der Waals surface area contributed by atoms with Crippen molar-refractivity contribution in [1.29, 1.82) is 0 Å². The predicted molar refractivity (Wildman–Crippen MR) is 94.6 cm³/mol. The molecule has 0 radical (unpaired) electrons. The molecule has 0 unspecified atom stereocenters. The van der Waals surface area contributed by atoms with Crippen molar-refractivity contribution in [1.82, 2.24) is 0 Å². The number of hydrogen-bond donors (Lipinski definition) is 1. The molecule has 1 heterocycles. The Balaban J connectivity index is 2.41. The van der Waals surface area contributed by atoms with E-state index in [2.05, 4.69) is 50.9 Å². The van der Waals surface area contributed by atoms with Crippen molar-refractivity contribution in [3.63, 3.8) is 0 Å². The normalized spacial score (nSPS) is 16.4. The molecule has 0 saturated heterocycles. The zero-order chi connectivity index (χ0) is 15.4. The van der Waals surface area contributed by atoms with Gasteiger partial charge in [0.1, 0.15) is 11.7 Å². The molecule has 3 nitrogen and oxygen atoms in total. The van der Waals surface area contributed by atoms with Crippen molar-refractivity contribution >= 4 is 27.5 Å². The van der Waals surface area contributed by atoms with Gasteiger partial charge in [0.05, 0.1) is 0 Å². The number of amidine groups is 1. The number of halogens is 1. The van der Waals surface area contributed by atoms with Gasteiger partial charge in [-0.2, -0.15) is 0 Å². The largest absolute Gasteiger partial charge is 0.384 e. The molecular weight excluding hydrogens is 326 g/mol. The second kappa shape index (κ2) is 6.94. The SMILES string of the molecule is C\C=C/C(=N\C(N)=C(/C)CC)N1CCc2cc(Br)ccc21. The molecule has 1 aromatic carbocycles. The lowest BCUT2D eigenvalue weighted by Gasteiger charge is -2.20. The minimum atomic E-state index is 0.621. The van der Waals surface area contributed by atoms with Gasteiger partial charge in [-0.15, -0.1) is 0 Å². The second-order valence-corrected chi connectivity index (χ2v) is 6.08. The van der Waals surface area contributed by atoms with Crippen LogP contribution in [0.4, 0.5) is 5.69 Å². The highest BCUT2D eigenvalue weighted by Crippen LogP contribution is 2.31. The third kappa shape index (κ3) is 3.56. The number of rotatable bonds is 3. The van der Waals surface area contributed by atoms with Gasteiger partial charge >= 0.3 is 0 Å². The van der Waals surface area contributed by atoms with Crippen LogP contribution in [0.2, 0.25) is 0 Å². The fourth-order valence-corrected chi connectivity index (χ4v) is 2.75. The van der Waals surface area contributed by atoms with Crippen LogP contribution in [0.1, 0.15) is 32.8 Å². The topological polar surface area (TPSA) is 41.6 Å². The highest BCUT2D eigenvalue weighted by Gasteiger charge is 2.22. The summed E-state index contributed by atoms with van der Waals surface area (Å²) in [6, 6.07) is 6.39. The van der Waals surface area contributed by atoms with Gasteiger partial charge in [-0.1, -0.05) is 28.9 Å². The number of nitrogens with two attached hydrogens (primary N) is 1. The van der Waals surface area contributed by atoms with E-state index in [4.69, 9.17) is 5.73 Å². The van der Waals surface area contributed by atoms with Crippen molar-refractivity contribution in [3.05, 3.63) is 51.8 Å². The number of hydrogen-bond acceptors (Lipinski definition) is 2. The fraction of sp³-hybridized carbons (Fsp3) is 0.353. The van der Waals surface area contributed by atoms with Crippen LogP contribution in [-0.2, 0) is 6.42 Å². The lowest BCUT2D eigenvalue weighted by molar-refractivity contribution is 0.996. The van der Waals surface area contributed by atoms with Crippen molar-refractivity contribution in [2.45, 2.75) is 33.6 Å². The number of aliphatic imine (C=N–C) groups is 1. The van der Waals surface area contributed by atoms with Crippen LogP contribution in [0.25, 0.3) is 0 Å². The Bertz CT molecular complexity index is 614. The molecule has 0 saturated carbocycles. The van der Waals surface area contributed by atoms with Gasteiger partial charge < -0.3 is 10.6 Å². The molecule has 0 fully saturated rings. The Morgan fingerprint density at radius 2 is 2.24 bits per heavy atom. The van der Waals surface area contributed by atoms with E-state index in [9.17, 15) is 0 Å². The molecule has 0 bridgehead atoms. The van der Waals surface area contributed by atoms with Gasteiger partial charge in [-0.05, 0) is 62.1 Å². The summed E-state index contributed by atoms with van der Waals surface area (Å²) in [4.78, 5) is 6.88. The van der Waals surface area contributed by atoms with E-state index in [1.54, 1.807) is 0 Å². The summed E-state index contributed by atoms with van der Waals surface area (Å²) in [6.07, 6.45) is 5.97. The van der Waals surface area contributed by atoms with Crippen LogP contribution < -0.4 is 10.6 Å². The summed E-state index contributed by atoms with van der Waals surface area (Å²) in [6.45, 7) is 7.06. The third-order valence-electron chi connectivity index (χ3n) is 3.73. The molecule has 2 N–H and O–H groups in total. The lowest BCUT2D eigenvalue weighted by atomic mass is 10.2. The van der Waals surface area contributed by atoms with E-state index in [1.807, 2.05) is 26.0 Å². The first-order valence-electron chi connectivity index (χ1n) is 7.29. The molecule has 0 aliphatic carbocycles. The highest BCUT2D eigenvalue weighted by atomic mass is 79.9. The summed E-state index contributed by atoms with van der Waals surface area (Å²) in [5.74, 6) is 1.53. The molecule has 112 valence electrons. The first kappa shape index (κ1) is 15.8. The Hall–Kier alpha value is -1.55. The standard InChI is InChI=1S/C17H22BrN3/c1-4-6-16(20-17(19)12(3)5-2)21-10-9-13-11-14(18)7-8-15(13)21/h4,6-8,11H,5,9-10,19H2,1-3H3/b6-4-,17-12+,20-16+. The predicted octanol–water partition coefficient (Wildman–Crippen LogP) is 4.39. The van der Waals surface area contributed by atoms with Gasteiger partial charge in [-0.3, -0.25) is 0 Å². The summed E-state index contributed by atoms with van der Waals surface area (Å²) in [5.41, 5.74) is 9.78. The molecule has 0 aromatic heterocycles. The van der Waals surface area contributed by atoms with Crippen molar-refractivity contribution < 1.29 is 0 Å². The second-order valence-electron chi connectivity index (χ2n) is 5.16.